The highest BCUT2D eigenvalue weighted by Gasteiger charge is 2.51. The minimum atomic E-state index is -0.268. The number of benzene rings is 3. The number of hydrogen-bond acceptors (Lipinski definition) is 11. The van der Waals surface area contributed by atoms with Gasteiger partial charge < -0.3 is 53.3 Å². The van der Waals surface area contributed by atoms with Crippen molar-refractivity contribution in [1.29, 1.82) is 0 Å². The predicted molar refractivity (Wildman–Crippen MR) is 259 cm³/mol. The lowest BCUT2D eigenvalue weighted by molar-refractivity contribution is -0.126. The molecule has 4 aliphatic carbocycles. The number of amides is 2. The molecule has 0 radical (unpaired) electrons. The lowest BCUT2D eigenvalue weighted by atomic mass is 9.48. The van der Waals surface area contributed by atoms with E-state index in [9.17, 15) is 9.59 Å². The van der Waals surface area contributed by atoms with E-state index in [4.69, 9.17) is 54.2 Å². The van der Waals surface area contributed by atoms with Crippen LogP contribution in [0.2, 0.25) is 0 Å². The Hall–Kier alpha value is -4.11. The van der Waals surface area contributed by atoms with Crippen LogP contribution in [0, 0.1) is 17.8 Å². The highest BCUT2D eigenvalue weighted by molar-refractivity contribution is 6.17. The number of hydrogen-bond donors (Lipinski definition) is 2. The standard InChI is InChI=1S/C53H75ClN2O11/c1-59-49-17-11-40(33-50(49)60-2)10-16-48(67-46-14-12-45(13-15-46)53-35-41-30-42(36-53)32-43(31-41)37-53)44-8-7-9-47(34-44)66-39-52(58)56-20-23-63-26-27-64-28-29-65-38-51(57)55-19-22-62-25-24-61-21-6-4-3-5-18-54/h7-9,11-15,17,33-34,41-43,48H,3-6,10,16,18-32,35-39H2,1-2H3,(H,55,57)(H,56,58)/t41?,42?,43?,48-,53?/m0/s1. The molecule has 1 atom stereocenters. The summed E-state index contributed by atoms with van der Waals surface area (Å²) >= 11 is 5.68. The Morgan fingerprint density at radius 1 is 0.627 bits per heavy atom. The molecule has 0 aliphatic heterocycles. The van der Waals surface area contributed by atoms with Gasteiger partial charge in [0.15, 0.2) is 18.1 Å². The van der Waals surface area contributed by atoms with E-state index in [0.717, 1.165) is 73.3 Å². The van der Waals surface area contributed by atoms with Gasteiger partial charge in [-0.25, -0.2) is 0 Å². The van der Waals surface area contributed by atoms with Gasteiger partial charge in [0.2, 0.25) is 5.91 Å². The summed E-state index contributed by atoms with van der Waals surface area (Å²) in [6, 6.07) is 22.8. The van der Waals surface area contributed by atoms with Crippen molar-refractivity contribution < 1.29 is 52.2 Å². The number of rotatable bonds is 35. The van der Waals surface area contributed by atoms with Crippen molar-refractivity contribution in [1.82, 2.24) is 10.6 Å². The van der Waals surface area contributed by atoms with Crippen molar-refractivity contribution in [3.63, 3.8) is 0 Å². The van der Waals surface area contributed by atoms with Crippen molar-refractivity contribution in [2.75, 3.05) is 106 Å². The van der Waals surface area contributed by atoms with Crippen LogP contribution in [0.4, 0.5) is 0 Å². The molecule has 3 aromatic carbocycles. The second-order valence-electron chi connectivity index (χ2n) is 18.2. The quantitative estimate of drug-likeness (QED) is 0.0434. The van der Waals surface area contributed by atoms with E-state index >= 15 is 0 Å². The van der Waals surface area contributed by atoms with Crippen LogP contribution in [0.15, 0.2) is 66.7 Å². The Morgan fingerprint density at radius 2 is 1.22 bits per heavy atom. The summed E-state index contributed by atoms with van der Waals surface area (Å²) in [7, 11) is 3.29. The highest BCUT2D eigenvalue weighted by atomic mass is 35.5. The van der Waals surface area contributed by atoms with Crippen LogP contribution in [0.3, 0.4) is 0 Å². The third-order valence-electron chi connectivity index (χ3n) is 13.2. The van der Waals surface area contributed by atoms with Crippen molar-refractivity contribution in [2.45, 2.75) is 88.6 Å². The number of aryl methyl sites for hydroxylation is 1. The summed E-state index contributed by atoms with van der Waals surface area (Å²) in [6.07, 6.45) is 13.8. The average Bonchev–Trinajstić information content (AvgIpc) is 3.34. The molecule has 370 valence electrons. The summed E-state index contributed by atoms with van der Waals surface area (Å²) in [5.41, 5.74) is 3.89. The molecule has 4 saturated carbocycles. The van der Waals surface area contributed by atoms with Crippen molar-refractivity contribution in [2.24, 2.45) is 17.8 Å². The van der Waals surface area contributed by atoms with Gasteiger partial charge in [0.1, 0.15) is 24.2 Å². The molecule has 7 rings (SSSR count). The number of methoxy groups -OCH3 is 2. The minimum Gasteiger partial charge on any atom is -0.493 e. The first kappa shape index (κ1) is 52.3. The van der Waals surface area contributed by atoms with Gasteiger partial charge in [-0.1, -0.05) is 43.2 Å². The van der Waals surface area contributed by atoms with Crippen LogP contribution in [0.5, 0.6) is 23.0 Å². The zero-order valence-electron chi connectivity index (χ0n) is 39.9. The van der Waals surface area contributed by atoms with E-state index < -0.39 is 0 Å². The zero-order valence-corrected chi connectivity index (χ0v) is 40.7. The molecule has 4 bridgehead atoms. The molecule has 0 saturated heterocycles. The van der Waals surface area contributed by atoms with E-state index in [1.54, 1.807) is 14.2 Å². The normalized spacial score (nSPS) is 19.8. The van der Waals surface area contributed by atoms with E-state index in [-0.39, 0.29) is 37.7 Å². The summed E-state index contributed by atoms with van der Waals surface area (Å²) in [5.74, 6) is 5.75. The van der Waals surface area contributed by atoms with Gasteiger partial charge in [-0.3, -0.25) is 9.59 Å². The molecule has 4 aliphatic rings. The Bertz CT molecular complexity index is 1860. The SMILES string of the molecule is COc1ccc(CC[C@H](Oc2ccc(C34CC5CC(CC(C5)C3)C4)cc2)c2cccc(OCC(=O)NCCOCCOCCOCC(=O)NCCOCCOCCCCCCCl)c2)cc1OC. The number of carbonyl (C=O) groups is 2. The Balaban J connectivity index is 0.845. The van der Waals surface area contributed by atoms with Crippen molar-refractivity contribution in [3.05, 3.63) is 83.4 Å². The summed E-state index contributed by atoms with van der Waals surface area (Å²) < 4.78 is 51.3. The van der Waals surface area contributed by atoms with Gasteiger partial charge in [-0.05, 0) is 140 Å². The molecule has 0 spiro atoms. The molecule has 0 aromatic heterocycles. The molecular weight excluding hydrogens is 876 g/mol. The molecule has 3 aromatic rings. The van der Waals surface area contributed by atoms with Gasteiger partial charge in [0.05, 0.1) is 67.1 Å². The molecule has 2 N–H and O–H groups in total. The third-order valence-corrected chi connectivity index (χ3v) is 13.5. The maximum atomic E-state index is 12.7. The lowest BCUT2D eigenvalue weighted by Crippen LogP contribution is -2.48. The van der Waals surface area contributed by atoms with Crippen LogP contribution in [-0.4, -0.2) is 118 Å². The van der Waals surface area contributed by atoms with Crippen LogP contribution in [0.25, 0.3) is 0 Å². The van der Waals surface area contributed by atoms with Gasteiger partial charge in [-0.2, -0.15) is 0 Å². The van der Waals surface area contributed by atoms with Crippen LogP contribution in [-0.2, 0) is 45.1 Å². The highest BCUT2D eigenvalue weighted by Crippen LogP contribution is 2.60. The van der Waals surface area contributed by atoms with E-state index in [2.05, 4.69) is 47.0 Å². The van der Waals surface area contributed by atoms with Crippen LogP contribution < -0.4 is 29.6 Å². The van der Waals surface area contributed by atoms with Crippen LogP contribution in [0.1, 0.15) is 93.4 Å². The lowest BCUT2D eigenvalue weighted by Gasteiger charge is -2.57. The van der Waals surface area contributed by atoms with Gasteiger partial charge in [0, 0.05) is 25.6 Å². The molecule has 2 amide bonds. The van der Waals surface area contributed by atoms with E-state index in [0.29, 0.717) is 94.3 Å². The molecule has 14 heteroatoms. The smallest absolute Gasteiger partial charge is 0.258 e. The van der Waals surface area contributed by atoms with Gasteiger partial charge in [0.25, 0.3) is 5.91 Å². The fourth-order valence-corrected chi connectivity index (χ4v) is 10.5. The first-order valence-electron chi connectivity index (χ1n) is 24.5. The molecule has 67 heavy (non-hydrogen) atoms. The fourth-order valence-electron chi connectivity index (χ4n) is 10.3. The maximum Gasteiger partial charge on any atom is 0.258 e. The van der Waals surface area contributed by atoms with E-state index in [1.165, 1.54) is 44.1 Å². The molecule has 0 unspecified atom stereocenters. The van der Waals surface area contributed by atoms with Gasteiger partial charge in [-0.15, -0.1) is 11.6 Å². The average molecular weight is 952 g/mol. The second kappa shape index (κ2) is 29.0. The summed E-state index contributed by atoms with van der Waals surface area (Å²) in [6.45, 7) is 4.43. The van der Waals surface area contributed by atoms with Crippen molar-refractivity contribution in [3.8, 4) is 23.0 Å². The molecule has 0 heterocycles. The summed E-state index contributed by atoms with van der Waals surface area (Å²) in [5, 5.41) is 5.61. The molecule has 13 nitrogen and oxygen atoms in total. The second-order valence-corrected chi connectivity index (χ2v) is 18.6. The number of nitrogens with one attached hydrogen (secondary N) is 2. The third kappa shape index (κ3) is 17.7. The van der Waals surface area contributed by atoms with Crippen LogP contribution >= 0.6 is 11.6 Å². The Labute approximate surface area is 403 Å². The van der Waals surface area contributed by atoms with Crippen molar-refractivity contribution >= 4 is 23.4 Å². The Morgan fingerprint density at radius 3 is 1.87 bits per heavy atom. The monoisotopic (exact) mass is 951 g/mol. The number of carbonyl (C=O) groups excluding carboxylic acids is 2. The number of ether oxygens (including phenoxy) is 9. The molecule has 4 fully saturated rings. The summed E-state index contributed by atoms with van der Waals surface area (Å²) in [4.78, 5) is 24.6. The topological polar surface area (TPSA) is 141 Å². The maximum absolute atomic E-state index is 12.7. The van der Waals surface area contributed by atoms with E-state index in [1.807, 2.05) is 30.3 Å². The number of unbranched alkanes of at least 4 members (excludes halogenated alkanes) is 3. The molecular formula is C53H75ClN2O11. The minimum absolute atomic E-state index is 0.0474. The van der Waals surface area contributed by atoms with Gasteiger partial charge >= 0.3 is 0 Å². The number of alkyl halides is 1. The predicted octanol–water partition coefficient (Wildman–Crippen LogP) is 8.42. The first-order chi connectivity index (χ1) is 32.9. The largest absolute Gasteiger partial charge is 0.493 e. The zero-order chi connectivity index (χ0) is 46.9. The number of halogens is 1. The Kier molecular flexibility index (Phi) is 22.7. The fraction of sp³-hybridized carbons (Fsp3) is 0.623. The first-order valence-corrected chi connectivity index (χ1v) is 25.1.